The van der Waals surface area contributed by atoms with E-state index in [1.54, 1.807) is 40.6 Å². The fraction of sp³-hybridized carbons (Fsp3) is 0.0606. The van der Waals surface area contributed by atoms with Gasteiger partial charge in [0.05, 0.1) is 11.1 Å². The molecule has 190 valence electrons. The Morgan fingerprint density at radius 1 is 0.718 bits per heavy atom. The van der Waals surface area contributed by atoms with Gasteiger partial charge in [0.15, 0.2) is 5.65 Å². The number of carboxylic acid groups (broad SMARTS) is 1. The van der Waals surface area contributed by atoms with E-state index in [9.17, 15) is 14.7 Å². The molecule has 0 fully saturated rings. The number of hydrogen-bond donors (Lipinski definition) is 1. The van der Waals surface area contributed by atoms with E-state index in [0.717, 1.165) is 22.3 Å². The van der Waals surface area contributed by atoms with Crippen LogP contribution in [-0.4, -0.2) is 25.2 Å². The van der Waals surface area contributed by atoms with Crippen molar-refractivity contribution in [2.45, 2.75) is 5.54 Å². The first-order chi connectivity index (χ1) is 19.0. The van der Waals surface area contributed by atoms with Crippen LogP contribution in [0, 0.1) is 0 Å². The number of aromatic nitrogens is 3. The van der Waals surface area contributed by atoms with E-state index in [0.29, 0.717) is 16.7 Å². The smallest absolute Gasteiger partial charge is 0.335 e. The summed E-state index contributed by atoms with van der Waals surface area (Å²) in [5.41, 5.74) is 4.36. The van der Waals surface area contributed by atoms with E-state index in [-0.39, 0.29) is 11.3 Å². The van der Waals surface area contributed by atoms with Gasteiger partial charge < -0.3 is 5.11 Å². The molecule has 39 heavy (non-hydrogen) atoms. The third-order valence-corrected chi connectivity index (χ3v) is 7.25. The van der Waals surface area contributed by atoms with Gasteiger partial charge >= 0.3 is 11.7 Å². The van der Waals surface area contributed by atoms with Crippen LogP contribution < -0.4 is 5.69 Å². The molecule has 2 heterocycles. The van der Waals surface area contributed by atoms with Crippen molar-refractivity contribution in [2.24, 2.45) is 7.05 Å². The summed E-state index contributed by atoms with van der Waals surface area (Å²) in [6.07, 6.45) is 1.70. The van der Waals surface area contributed by atoms with Gasteiger partial charge in [0.25, 0.3) is 0 Å². The molecule has 0 saturated heterocycles. The predicted octanol–water partition coefficient (Wildman–Crippen LogP) is 5.94. The minimum absolute atomic E-state index is 0.190. The highest BCUT2D eigenvalue weighted by Gasteiger charge is 2.41. The number of imidazole rings is 1. The van der Waals surface area contributed by atoms with Gasteiger partial charge in [-0.25, -0.2) is 14.6 Å². The fourth-order valence-corrected chi connectivity index (χ4v) is 5.43. The van der Waals surface area contributed by atoms with Crippen LogP contribution in [0.25, 0.3) is 22.3 Å². The van der Waals surface area contributed by atoms with Crippen molar-refractivity contribution in [3.05, 3.63) is 160 Å². The highest BCUT2D eigenvalue weighted by molar-refractivity contribution is 5.90. The summed E-state index contributed by atoms with van der Waals surface area (Å²) in [5, 5.41) is 9.46. The second-order valence-corrected chi connectivity index (χ2v) is 9.44. The van der Waals surface area contributed by atoms with E-state index in [1.807, 2.05) is 103 Å². The molecule has 6 rings (SSSR count). The number of fused-ring (bicyclic) bond motifs is 1. The summed E-state index contributed by atoms with van der Waals surface area (Å²) >= 11 is 0. The molecule has 0 radical (unpaired) electrons. The molecule has 1 N–H and O–H groups in total. The number of carboxylic acids is 1. The van der Waals surface area contributed by atoms with Crippen molar-refractivity contribution in [3.8, 4) is 11.1 Å². The predicted molar refractivity (Wildman–Crippen MR) is 152 cm³/mol. The zero-order chi connectivity index (χ0) is 27.0. The summed E-state index contributed by atoms with van der Waals surface area (Å²) in [6.45, 7) is 0. The summed E-state index contributed by atoms with van der Waals surface area (Å²) in [6, 6.07) is 38.6. The van der Waals surface area contributed by atoms with Gasteiger partial charge in [0.1, 0.15) is 5.54 Å². The lowest BCUT2D eigenvalue weighted by atomic mass is 9.76. The van der Waals surface area contributed by atoms with Crippen LogP contribution in [0.2, 0.25) is 0 Å². The lowest BCUT2D eigenvalue weighted by molar-refractivity contribution is 0.0697. The lowest BCUT2D eigenvalue weighted by Gasteiger charge is -2.36. The second-order valence-electron chi connectivity index (χ2n) is 9.44. The van der Waals surface area contributed by atoms with Gasteiger partial charge in [-0.15, -0.1) is 0 Å². The van der Waals surface area contributed by atoms with E-state index in [2.05, 4.69) is 0 Å². The van der Waals surface area contributed by atoms with Gasteiger partial charge in [-0.2, -0.15) is 0 Å². The van der Waals surface area contributed by atoms with Crippen LogP contribution in [0.4, 0.5) is 0 Å². The SMILES string of the molecule is Cn1c(=O)n(C(c2ccccc2)(c2ccccc2)c2ccccc2)c2ncc(-c3cccc(C(=O)O)c3)cc21. The summed E-state index contributed by atoms with van der Waals surface area (Å²) < 4.78 is 3.39. The topological polar surface area (TPSA) is 77.1 Å². The Labute approximate surface area is 225 Å². The molecule has 0 amide bonds. The maximum atomic E-state index is 14.3. The second kappa shape index (κ2) is 9.58. The van der Waals surface area contributed by atoms with Crippen LogP contribution in [0.15, 0.2) is 132 Å². The molecule has 0 aliphatic carbocycles. The Balaban J connectivity index is 1.71. The average molecular weight is 512 g/mol. The Morgan fingerprint density at radius 2 is 1.26 bits per heavy atom. The number of hydrogen-bond acceptors (Lipinski definition) is 3. The Hall–Kier alpha value is -5.23. The molecule has 6 aromatic rings. The Morgan fingerprint density at radius 3 is 1.77 bits per heavy atom. The summed E-state index contributed by atoms with van der Waals surface area (Å²) in [4.78, 5) is 30.7. The number of rotatable bonds is 6. The molecule has 2 aromatic heterocycles. The van der Waals surface area contributed by atoms with Crippen molar-refractivity contribution in [2.75, 3.05) is 0 Å². The van der Waals surface area contributed by atoms with Crippen molar-refractivity contribution in [1.29, 1.82) is 0 Å². The van der Waals surface area contributed by atoms with Gasteiger partial charge in [0.2, 0.25) is 0 Å². The van der Waals surface area contributed by atoms with Gasteiger partial charge in [-0.3, -0.25) is 9.13 Å². The van der Waals surface area contributed by atoms with Crippen molar-refractivity contribution in [3.63, 3.8) is 0 Å². The first-order valence-corrected chi connectivity index (χ1v) is 12.6. The molecular weight excluding hydrogens is 486 g/mol. The molecule has 0 saturated carbocycles. The first-order valence-electron chi connectivity index (χ1n) is 12.6. The van der Waals surface area contributed by atoms with E-state index < -0.39 is 11.5 Å². The van der Waals surface area contributed by atoms with Crippen LogP contribution in [0.3, 0.4) is 0 Å². The standard InChI is InChI=1S/C33H25N3O3/c1-35-29-21-25(23-12-11-13-24(20-23)31(37)38)22-34-30(29)36(32(35)39)33(26-14-5-2-6-15-26,27-16-7-3-8-17-27)28-18-9-4-10-19-28/h2-22H,1H3,(H,37,38). The minimum Gasteiger partial charge on any atom is -0.478 e. The number of nitrogens with zero attached hydrogens (tertiary/aromatic N) is 3. The van der Waals surface area contributed by atoms with E-state index in [1.165, 1.54) is 0 Å². The van der Waals surface area contributed by atoms with Crippen molar-refractivity contribution in [1.82, 2.24) is 14.1 Å². The van der Waals surface area contributed by atoms with E-state index >= 15 is 0 Å². The Kier molecular flexibility index (Phi) is 5.92. The highest BCUT2D eigenvalue weighted by atomic mass is 16.4. The number of carbonyl (C=O) groups is 1. The molecule has 0 atom stereocenters. The van der Waals surface area contributed by atoms with Crippen molar-refractivity contribution < 1.29 is 9.90 Å². The minimum atomic E-state index is -1.00. The van der Waals surface area contributed by atoms with Gasteiger partial charge in [-0.1, -0.05) is 103 Å². The zero-order valence-corrected chi connectivity index (χ0v) is 21.2. The average Bonchev–Trinajstić information content (AvgIpc) is 3.24. The van der Waals surface area contributed by atoms with Crippen LogP contribution in [0.5, 0.6) is 0 Å². The van der Waals surface area contributed by atoms with E-state index in [4.69, 9.17) is 4.98 Å². The van der Waals surface area contributed by atoms with Crippen molar-refractivity contribution >= 4 is 17.1 Å². The molecular formula is C33H25N3O3. The molecule has 0 bridgehead atoms. The number of benzene rings is 4. The number of pyridine rings is 1. The normalized spacial score (nSPS) is 11.5. The monoisotopic (exact) mass is 511 g/mol. The third kappa shape index (κ3) is 3.85. The summed E-state index contributed by atoms with van der Waals surface area (Å²) in [5.74, 6) is -0.997. The molecule has 0 unspecified atom stereocenters. The molecule has 0 spiro atoms. The highest BCUT2D eigenvalue weighted by Crippen LogP contribution is 2.41. The van der Waals surface area contributed by atoms with Gasteiger partial charge in [0, 0.05) is 18.8 Å². The van der Waals surface area contributed by atoms with Crippen LogP contribution in [0.1, 0.15) is 27.0 Å². The molecule has 4 aromatic carbocycles. The first kappa shape index (κ1) is 24.1. The molecule has 0 aliphatic heterocycles. The largest absolute Gasteiger partial charge is 0.478 e. The lowest BCUT2D eigenvalue weighted by Crippen LogP contribution is -2.44. The molecule has 6 nitrogen and oxygen atoms in total. The molecule has 0 aliphatic rings. The summed E-state index contributed by atoms with van der Waals surface area (Å²) in [7, 11) is 1.74. The maximum Gasteiger partial charge on any atom is 0.335 e. The number of aryl methyl sites for hydroxylation is 1. The molecule has 6 heteroatoms. The van der Waals surface area contributed by atoms with Crippen LogP contribution >= 0.6 is 0 Å². The van der Waals surface area contributed by atoms with Crippen LogP contribution in [-0.2, 0) is 12.6 Å². The fourth-order valence-electron chi connectivity index (χ4n) is 5.43. The Bertz CT molecular complexity index is 1760. The quantitative estimate of drug-likeness (QED) is 0.281. The maximum absolute atomic E-state index is 14.3. The van der Waals surface area contributed by atoms with Gasteiger partial charge in [-0.05, 0) is 40.5 Å². The third-order valence-electron chi connectivity index (χ3n) is 7.25. The number of aromatic carboxylic acids is 1. The zero-order valence-electron chi connectivity index (χ0n) is 21.2.